The molecule has 46 heavy (non-hydrogen) atoms. The molecule has 1 aromatic carbocycles. The molecule has 1 aromatic heterocycles. The first kappa shape index (κ1) is 36.2. The molecule has 256 valence electrons. The number of H-pyrrole nitrogens is 1. The van der Waals surface area contributed by atoms with Gasteiger partial charge in [-0.05, 0) is 81.4 Å². The number of aromatic nitrogens is 2. The zero-order valence-electron chi connectivity index (χ0n) is 27.8. The third-order valence-electron chi connectivity index (χ3n) is 10.2. The van der Waals surface area contributed by atoms with Gasteiger partial charge in [0.25, 0.3) is 0 Å². The summed E-state index contributed by atoms with van der Waals surface area (Å²) in [5, 5.41) is 2.74. The second-order valence-electron chi connectivity index (χ2n) is 13.3. The average molecular weight is 678 g/mol. The van der Waals surface area contributed by atoms with Crippen molar-refractivity contribution in [1.82, 2.24) is 14.9 Å². The van der Waals surface area contributed by atoms with Crippen molar-refractivity contribution >= 4 is 39.1 Å². The first-order valence-electron chi connectivity index (χ1n) is 16.9. The molecule has 1 aliphatic carbocycles. The normalized spacial score (nSPS) is 23.2. The number of carbonyl (C=O) groups is 2. The Morgan fingerprint density at radius 2 is 1.83 bits per heavy atom. The van der Waals surface area contributed by atoms with E-state index in [0.29, 0.717) is 60.1 Å². The van der Waals surface area contributed by atoms with Crippen LogP contribution in [0.5, 0.6) is 0 Å². The van der Waals surface area contributed by atoms with E-state index in [4.69, 9.17) is 22.3 Å². The SMILES string of the molecule is CCCC(CCCC(CC)S(C)(=O)=O)C1CC(c2nc(-c3ccc(NC(=O)OC)cc3)c(Cl)[nH]2)N(C(=O)C2CCC(CN)CC2)C1. The molecule has 1 saturated carbocycles. The minimum atomic E-state index is -3.07. The van der Waals surface area contributed by atoms with Gasteiger partial charge in [-0.2, -0.15) is 0 Å². The number of sulfone groups is 1. The van der Waals surface area contributed by atoms with Gasteiger partial charge in [0.2, 0.25) is 5.91 Å². The summed E-state index contributed by atoms with van der Waals surface area (Å²) in [4.78, 5) is 36.1. The number of likely N-dealkylation sites (tertiary alicyclic amines) is 1. The molecule has 2 amide bonds. The Balaban J connectivity index is 1.57. The molecule has 4 rings (SSSR count). The number of amides is 2. The summed E-state index contributed by atoms with van der Waals surface area (Å²) < 4.78 is 29.1. The van der Waals surface area contributed by atoms with Crippen LogP contribution in [-0.2, 0) is 19.4 Å². The van der Waals surface area contributed by atoms with Crippen LogP contribution < -0.4 is 11.1 Å². The number of benzene rings is 1. The third-order valence-corrected chi connectivity index (χ3v) is 12.3. The zero-order valence-corrected chi connectivity index (χ0v) is 29.3. The number of hydrogen-bond donors (Lipinski definition) is 3. The monoisotopic (exact) mass is 677 g/mol. The summed E-state index contributed by atoms with van der Waals surface area (Å²) in [6, 6.07) is 6.97. The summed E-state index contributed by atoms with van der Waals surface area (Å²) in [6.07, 6.45) is 10.4. The minimum Gasteiger partial charge on any atom is -0.453 e. The lowest BCUT2D eigenvalue weighted by molar-refractivity contribution is -0.138. The van der Waals surface area contributed by atoms with Crippen LogP contribution in [0.15, 0.2) is 24.3 Å². The summed E-state index contributed by atoms with van der Waals surface area (Å²) >= 11 is 6.74. The molecule has 10 nitrogen and oxygen atoms in total. The molecule has 12 heteroatoms. The molecule has 0 bridgehead atoms. The number of nitrogens with two attached hydrogens (primary N) is 1. The van der Waals surface area contributed by atoms with Gasteiger partial charge in [-0.25, -0.2) is 18.2 Å². The van der Waals surface area contributed by atoms with E-state index >= 15 is 0 Å². The molecule has 2 aromatic rings. The number of rotatable bonds is 14. The first-order valence-corrected chi connectivity index (χ1v) is 19.2. The predicted octanol–water partition coefficient (Wildman–Crippen LogP) is 6.97. The summed E-state index contributed by atoms with van der Waals surface area (Å²) in [7, 11) is -1.76. The van der Waals surface area contributed by atoms with Crippen LogP contribution in [0.25, 0.3) is 11.3 Å². The fraction of sp³-hybridized carbons (Fsp3) is 0.676. The number of nitrogens with one attached hydrogen (secondary N) is 2. The number of ether oxygens (including phenoxy) is 1. The Morgan fingerprint density at radius 3 is 2.41 bits per heavy atom. The smallest absolute Gasteiger partial charge is 0.411 e. The largest absolute Gasteiger partial charge is 0.453 e. The summed E-state index contributed by atoms with van der Waals surface area (Å²) in [5.74, 6) is 2.00. The number of aromatic amines is 1. The average Bonchev–Trinajstić information content (AvgIpc) is 3.66. The van der Waals surface area contributed by atoms with Gasteiger partial charge in [0.15, 0.2) is 0 Å². The van der Waals surface area contributed by atoms with Crippen molar-refractivity contribution in [2.45, 2.75) is 95.8 Å². The number of carbonyl (C=O) groups excluding carboxylic acids is 2. The van der Waals surface area contributed by atoms with Crippen molar-refractivity contribution in [2.75, 3.05) is 31.8 Å². The fourth-order valence-electron chi connectivity index (χ4n) is 7.51. The minimum absolute atomic E-state index is 0.0199. The molecule has 1 saturated heterocycles. The molecule has 2 heterocycles. The Morgan fingerprint density at radius 1 is 1.13 bits per heavy atom. The quantitative estimate of drug-likeness (QED) is 0.196. The van der Waals surface area contributed by atoms with E-state index in [1.165, 1.54) is 13.4 Å². The number of methoxy groups -OCH3 is 1. The number of hydrogen-bond acceptors (Lipinski definition) is 7. The van der Waals surface area contributed by atoms with Crippen molar-refractivity contribution in [3.63, 3.8) is 0 Å². The fourth-order valence-corrected chi connectivity index (χ4v) is 8.95. The van der Waals surface area contributed by atoms with Crippen LogP contribution >= 0.6 is 11.6 Å². The molecular formula is C34H52ClN5O5S. The molecule has 2 aliphatic rings. The van der Waals surface area contributed by atoms with Gasteiger partial charge >= 0.3 is 6.09 Å². The Kier molecular flexibility index (Phi) is 13.0. The highest BCUT2D eigenvalue weighted by Gasteiger charge is 2.43. The molecule has 2 fully saturated rings. The maximum Gasteiger partial charge on any atom is 0.411 e. The standard InChI is InChI=1S/C34H52ClN5O5S/c1-5-8-23(9-7-10-28(6-2)46(4,43)44)26-19-29(40(21-26)33(41)25-13-11-22(20-36)12-14-25)32-38-30(31(35)39-32)24-15-17-27(18-16-24)37-34(42)45-3/h15-18,22-23,25-26,28-29H,5-14,19-21,36H2,1-4H3,(H,37,42)(H,38,39). The van der Waals surface area contributed by atoms with Crippen LogP contribution in [0, 0.1) is 23.7 Å². The van der Waals surface area contributed by atoms with Crippen LogP contribution in [-0.4, -0.2) is 67.0 Å². The van der Waals surface area contributed by atoms with E-state index in [-0.39, 0.29) is 29.0 Å². The van der Waals surface area contributed by atoms with Crippen LogP contribution in [0.2, 0.25) is 5.15 Å². The second kappa shape index (κ2) is 16.5. The van der Waals surface area contributed by atoms with E-state index < -0.39 is 15.9 Å². The molecule has 4 atom stereocenters. The van der Waals surface area contributed by atoms with Gasteiger partial charge in [-0.15, -0.1) is 0 Å². The van der Waals surface area contributed by atoms with Crippen LogP contribution in [0.3, 0.4) is 0 Å². The topological polar surface area (TPSA) is 147 Å². The van der Waals surface area contributed by atoms with Crippen molar-refractivity contribution in [3.8, 4) is 11.3 Å². The van der Waals surface area contributed by atoms with Crippen molar-refractivity contribution in [2.24, 2.45) is 29.4 Å². The Labute approximate surface area is 279 Å². The molecule has 4 unspecified atom stereocenters. The maximum absolute atomic E-state index is 14.2. The van der Waals surface area contributed by atoms with Crippen molar-refractivity contribution in [1.29, 1.82) is 0 Å². The molecule has 1 aliphatic heterocycles. The predicted molar refractivity (Wildman–Crippen MR) is 183 cm³/mol. The van der Waals surface area contributed by atoms with E-state index in [2.05, 4.69) is 26.9 Å². The number of imidazole rings is 1. The van der Waals surface area contributed by atoms with Gasteiger partial charge in [-0.1, -0.05) is 63.3 Å². The summed E-state index contributed by atoms with van der Waals surface area (Å²) in [5.41, 5.74) is 7.91. The van der Waals surface area contributed by atoms with E-state index in [1.54, 1.807) is 12.1 Å². The van der Waals surface area contributed by atoms with Crippen molar-refractivity contribution in [3.05, 3.63) is 35.2 Å². The molecular weight excluding hydrogens is 626 g/mol. The highest BCUT2D eigenvalue weighted by atomic mass is 35.5. The molecule has 0 spiro atoms. The Bertz CT molecular complexity index is 1410. The third kappa shape index (κ3) is 9.04. The number of nitrogens with zero attached hydrogens (tertiary/aromatic N) is 2. The van der Waals surface area contributed by atoms with E-state index in [1.807, 2.05) is 19.1 Å². The van der Waals surface area contributed by atoms with Gasteiger partial charge < -0.3 is 20.4 Å². The van der Waals surface area contributed by atoms with E-state index in [0.717, 1.165) is 63.4 Å². The van der Waals surface area contributed by atoms with Gasteiger partial charge in [0.05, 0.1) is 18.4 Å². The Hall–Kier alpha value is -2.63. The lowest BCUT2D eigenvalue weighted by atomic mass is 9.81. The highest BCUT2D eigenvalue weighted by molar-refractivity contribution is 7.91. The first-order chi connectivity index (χ1) is 22.0. The molecule has 0 radical (unpaired) electrons. The zero-order chi connectivity index (χ0) is 33.4. The maximum atomic E-state index is 14.2. The van der Waals surface area contributed by atoms with Gasteiger partial charge in [-0.3, -0.25) is 10.1 Å². The number of anilines is 1. The summed E-state index contributed by atoms with van der Waals surface area (Å²) in [6.45, 7) is 5.46. The van der Waals surface area contributed by atoms with Crippen LogP contribution in [0.4, 0.5) is 10.5 Å². The van der Waals surface area contributed by atoms with Crippen molar-refractivity contribution < 1.29 is 22.7 Å². The van der Waals surface area contributed by atoms with Crippen LogP contribution in [0.1, 0.15) is 96.3 Å². The number of halogens is 1. The molecule has 4 N–H and O–H groups in total. The van der Waals surface area contributed by atoms with Gasteiger partial charge in [0.1, 0.15) is 26.5 Å². The lowest BCUT2D eigenvalue weighted by Crippen LogP contribution is -2.39. The highest BCUT2D eigenvalue weighted by Crippen LogP contribution is 2.44. The lowest BCUT2D eigenvalue weighted by Gasteiger charge is -2.32. The van der Waals surface area contributed by atoms with Gasteiger partial charge in [0, 0.05) is 30.0 Å². The second-order valence-corrected chi connectivity index (χ2v) is 16.0. The van der Waals surface area contributed by atoms with E-state index in [9.17, 15) is 18.0 Å².